The summed E-state index contributed by atoms with van der Waals surface area (Å²) in [5.74, 6) is 0.539. The zero-order valence-electron chi connectivity index (χ0n) is 19.8. The summed E-state index contributed by atoms with van der Waals surface area (Å²) < 4.78 is 8.58. The molecule has 3 aromatic rings. The van der Waals surface area contributed by atoms with Crippen LogP contribution in [0, 0.1) is 5.71 Å². The second kappa shape index (κ2) is 9.49. The van der Waals surface area contributed by atoms with Crippen LogP contribution in [0.1, 0.15) is 62.0 Å². The fraction of sp³-hybridized carbons (Fsp3) is 0.286. The van der Waals surface area contributed by atoms with Gasteiger partial charge in [-0.3, -0.25) is 0 Å². The van der Waals surface area contributed by atoms with Crippen molar-refractivity contribution in [1.29, 1.82) is 0 Å². The molecule has 0 saturated heterocycles. The quantitative estimate of drug-likeness (QED) is 0.405. The minimum absolute atomic E-state index is 0.283. The molecule has 1 N–H and O–H groups in total. The van der Waals surface area contributed by atoms with Crippen molar-refractivity contribution < 1.29 is 18.9 Å². The van der Waals surface area contributed by atoms with Gasteiger partial charge in [0.1, 0.15) is 5.75 Å². The molecular weight excluding hydrogens is 412 g/mol. The van der Waals surface area contributed by atoms with Gasteiger partial charge in [-0.1, -0.05) is 32.0 Å². The van der Waals surface area contributed by atoms with Gasteiger partial charge in [0.15, 0.2) is 17.7 Å². The normalized spacial score (nSPS) is 11.9. The standard InChI is InChI=1S/C28H30N2O3/c1-5-19(6-2)30-16-15-24-26(18-30)33-25-17-20(29(7-3)8-4)13-14-23(25)27(24)21-11-9-10-12-22(21)28(31)32/h9-18H,5-8H2,1-4H3/p+1. The third-order valence-corrected chi connectivity index (χ3v) is 6.38. The van der Waals surface area contributed by atoms with E-state index in [-0.39, 0.29) is 5.56 Å². The number of anilines is 1. The Balaban J connectivity index is 2.07. The lowest BCUT2D eigenvalue weighted by atomic mass is 9.90. The number of aromatic carboxylic acids is 1. The number of ether oxygens (including phenoxy) is 1. The number of aromatic nitrogens is 1. The van der Waals surface area contributed by atoms with Gasteiger partial charge in [0.25, 0.3) is 0 Å². The molecule has 1 aliphatic rings. The minimum atomic E-state index is -0.939. The lowest BCUT2D eigenvalue weighted by Crippen LogP contribution is -2.28. The number of carbonyl (C=O) groups is 1. The molecule has 0 amide bonds. The van der Waals surface area contributed by atoms with E-state index in [2.05, 4.69) is 55.0 Å². The summed E-state index contributed by atoms with van der Waals surface area (Å²) in [6.45, 7) is 10.4. The Kier molecular flexibility index (Phi) is 6.50. The first kappa shape index (κ1) is 22.6. The average molecular weight is 444 g/mol. The number of fused-ring (bicyclic) bond motifs is 2. The lowest BCUT2D eigenvalue weighted by Gasteiger charge is -2.25. The Bertz CT molecular complexity index is 1320. The van der Waals surface area contributed by atoms with Crippen LogP contribution in [0.15, 0.2) is 60.9 Å². The van der Waals surface area contributed by atoms with Crippen molar-refractivity contribution in [2.45, 2.75) is 40.5 Å². The van der Waals surface area contributed by atoms with Crippen molar-refractivity contribution in [1.82, 2.24) is 0 Å². The van der Waals surface area contributed by atoms with Crippen LogP contribution in [-0.4, -0.2) is 24.2 Å². The fourth-order valence-electron chi connectivity index (χ4n) is 4.60. The Morgan fingerprint density at radius 2 is 1.67 bits per heavy atom. The molecule has 170 valence electrons. The van der Waals surface area contributed by atoms with Crippen LogP contribution in [-0.2, 0) is 0 Å². The maximum atomic E-state index is 12.1. The molecule has 0 spiro atoms. The van der Waals surface area contributed by atoms with Crippen LogP contribution >= 0.6 is 0 Å². The molecule has 5 heteroatoms. The zero-order valence-corrected chi connectivity index (χ0v) is 19.8. The van der Waals surface area contributed by atoms with Gasteiger partial charge in [-0.25, -0.2) is 4.79 Å². The summed E-state index contributed by atoms with van der Waals surface area (Å²) in [7, 11) is 0. The Morgan fingerprint density at radius 1 is 0.939 bits per heavy atom. The van der Waals surface area contributed by atoms with Crippen molar-refractivity contribution in [2.75, 3.05) is 18.0 Å². The highest BCUT2D eigenvalue weighted by atomic mass is 16.5. The molecule has 2 aromatic carbocycles. The maximum absolute atomic E-state index is 12.1. The molecule has 0 saturated carbocycles. The van der Waals surface area contributed by atoms with Gasteiger partial charge in [0.05, 0.1) is 5.56 Å². The summed E-state index contributed by atoms with van der Waals surface area (Å²) in [5.41, 5.74) is 5.14. The Morgan fingerprint density at radius 3 is 2.33 bits per heavy atom. The zero-order chi connectivity index (χ0) is 23.5. The lowest BCUT2D eigenvalue weighted by molar-refractivity contribution is -0.527. The van der Waals surface area contributed by atoms with E-state index in [1.165, 1.54) is 5.71 Å². The summed E-state index contributed by atoms with van der Waals surface area (Å²) in [4.78, 5) is 14.3. The fourth-order valence-corrected chi connectivity index (χ4v) is 4.60. The third-order valence-electron chi connectivity index (χ3n) is 6.38. The van der Waals surface area contributed by atoms with Crippen molar-refractivity contribution in [2.24, 2.45) is 0 Å². The van der Waals surface area contributed by atoms with Gasteiger partial charge in [0, 0.05) is 60.1 Å². The monoisotopic (exact) mass is 443 g/mol. The second-order valence-electron chi connectivity index (χ2n) is 8.08. The first-order valence-corrected chi connectivity index (χ1v) is 11.7. The molecular formula is C28H31N2O3+. The highest BCUT2D eigenvalue weighted by molar-refractivity contribution is 5.98. The molecule has 0 atom stereocenters. The molecule has 2 heterocycles. The number of rotatable bonds is 7. The number of nitrogens with zero attached hydrogens (tertiary/aromatic N) is 2. The predicted molar refractivity (Wildman–Crippen MR) is 131 cm³/mol. The largest absolute Gasteiger partial charge is 0.478 e. The predicted octanol–water partition coefficient (Wildman–Crippen LogP) is 5.07. The Labute approximate surface area is 194 Å². The van der Waals surface area contributed by atoms with Gasteiger partial charge in [0.2, 0.25) is 6.20 Å². The van der Waals surface area contributed by atoms with Crippen LogP contribution in [0.5, 0.6) is 11.5 Å². The molecule has 33 heavy (non-hydrogen) atoms. The average Bonchev–Trinajstić information content (AvgIpc) is 2.84. The molecule has 0 fully saturated rings. The number of hydrogen-bond donors (Lipinski definition) is 1. The third kappa shape index (κ3) is 4.11. The molecule has 0 bridgehead atoms. The number of benzene rings is 2. The van der Waals surface area contributed by atoms with E-state index in [0.717, 1.165) is 59.5 Å². The van der Waals surface area contributed by atoms with Gasteiger partial charge >= 0.3 is 5.97 Å². The second-order valence-corrected chi connectivity index (χ2v) is 8.08. The SMILES string of the molecule is CCC(CC)=[n+]1ccc2c(c1)Oc1cc(N(CC)CC)ccc1C=2c1ccccc1C(=O)O. The van der Waals surface area contributed by atoms with Gasteiger partial charge < -0.3 is 14.7 Å². The summed E-state index contributed by atoms with van der Waals surface area (Å²) in [5, 5.41) is 10.8. The van der Waals surface area contributed by atoms with Crippen molar-refractivity contribution in [3.05, 3.63) is 88.5 Å². The summed E-state index contributed by atoms with van der Waals surface area (Å²) in [6, 6.07) is 15.4. The van der Waals surface area contributed by atoms with Gasteiger partial charge in [-0.2, -0.15) is 4.24 Å². The van der Waals surface area contributed by atoms with Crippen LogP contribution in [0.25, 0.3) is 5.57 Å². The summed E-state index contributed by atoms with van der Waals surface area (Å²) in [6.07, 6.45) is 5.96. The van der Waals surface area contributed by atoms with E-state index in [1.807, 2.05) is 30.6 Å². The number of pyridine rings is 1. The molecule has 4 rings (SSSR count). The first-order chi connectivity index (χ1) is 16.0. The molecule has 0 aliphatic carbocycles. The van der Waals surface area contributed by atoms with Crippen molar-refractivity contribution >= 4 is 17.2 Å². The number of hydrogen-bond acceptors (Lipinski definition) is 3. The van der Waals surface area contributed by atoms with E-state index < -0.39 is 5.97 Å². The smallest absolute Gasteiger partial charge is 0.336 e. The Hall–Kier alpha value is -3.60. The highest BCUT2D eigenvalue weighted by Crippen LogP contribution is 2.39. The van der Waals surface area contributed by atoms with Crippen molar-refractivity contribution in [3.63, 3.8) is 0 Å². The van der Waals surface area contributed by atoms with E-state index in [9.17, 15) is 9.90 Å². The van der Waals surface area contributed by atoms with Crippen LogP contribution in [0.3, 0.4) is 0 Å². The van der Waals surface area contributed by atoms with Gasteiger partial charge in [-0.05, 0) is 37.6 Å². The van der Waals surface area contributed by atoms with E-state index in [4.69, 9.17) is 4.74 Å². The van der Waals surface area contributed by atoms with Crippen LogP contribution in [0.2, 0.25) is 0 Å². The molecule has 5 nitrogen and oxygen atoms in total. The van der Waals surface area contributed by atoms with E-state index in [0.29, 0.717) is 5.56 Å². The minimum Gasteiger partial charge on any atom is -0.478 e. The maximum Gasteiger partial charge on any atom is 0.336 e. The first-order valence-electron chi connectivity index (χ1n) is 11.7. The van der Waals surface area contributed by atoms with E-state index >= 15 is 0 Å². The van der Waals surface area contributed by atoms with E-state index in [1.54, 1.807) is 12.1 Å². The number of carboxylic acid groups (broad SMARTS) is 1. The molecule has 0 unspecified atom stereocenters. The molecule has 0 radical (unpaired) electrons. The topological polar surface area (TPSA) is 55.7 Å². The molecule has 1 aromatic heterocycles. The summed E-state index contributed by atoms with van der Waals surface area (Å²) >= 11 is 0. The van der Waals surface area contributed by atoms with Crippen molar-refractivity contribution in [3.8, 4) is 11.5 Å². The van der Waals surface area contributed by atoms with Crippen LogP contribution in [0.4, 0.5) is 5.69 Å². The van der Waals surface area contributed by atoms with Gasteiger partial charge in [-0.15, -0.1) is 0 Å². The number of carboxylic acids is 1. The molecule has 1 aliphatic heterocycles. The highest BCUT2D eigenvalue weighted by Gasteiger charge is 2.25. The van der Waals surface area contributed by atoms with Crippen LogP contribution < -0.4 is 19.1 Å².